The summed E-state index contributed by atoms with van der Waals surface area (Å²) in [6.07, 6.45) is 7.21. The summed E-state index contributed by atoms with van der Waals surface area (Å²) in [6, 6.07) is 3.82. The topological polar surface area (TPSA) is 75.1 Å². The summed E-state index contributed by atoms with van der Waals surface area (Å²) in [6.45, 7) is 4.56. The monoisotopic (exact) mass is 408 g/mol. The van der Waals surface area contributed by atoms with Gasteiger partial charge in [0.15, 0.2) is 0 Å². The van der Waals surface area contributed by atoms with Gasteiger partial charge in [0.05, 0.1) is 22.4 Å². The second-order valence-corrected chi connectivity index (χ2v) is 8.61. The van der Waals surface area contributed by atoms with Crippen LogP contribution in [-0.2, 0) is 0 Å². The highest BCUT2D eigenvalue weighted by atomic mass is 32.1. The number of carbonyl (C=O) groups excluding carboxylic acids is 1. The third-order valence-electron chi connectivity index (χ3n) is 5.12. The van der Waals surface area contributed by atoms with Gasteiger partial charge >= 0.3 is 0 Å². The zero-order valence-corrected chi connectivity index (χ0v) is 17.9. The average molecular weight is 409 g/mol. The van der Waals surface area contributed by atoms with Crippen molar-refractivity contribution in [2.45, 2.75) is 32.7 Å². The summed E-state index contributed by atoms with van der Waals surface area (Å²) >= 11 is 1.46. The first kappa shape index (κ1) is 19.4. The van der Waals surface area contributed by atoms with E-state index in [1.807, 2.05) is 56.1 Å². The Kier molecular flexibility index (Phi) is 5.27. The molecule has 3 aromatic rings. The summed E-state index contributed by atoms with van der Waals surface area (Å²) in [5, 5.41) is 0.913. The number of hydrogen-bond donors (Lipinski definition) is 0. The molecule has 1 fully saturated rings. The van der Waals surface area contributed by atoms with E-state index >= 15 is 0 Å². The first-order valence-corrected chi connectivity index (χ1v) is 10.5. The molecule has 1 aliphatic heterocycles. The van der Waals surface area contributed by atoms with E-state index in [0.717, 1.165) is 51.8 Å². The van der Waals surface area contributed by atoms with Crippen molar-refractivity contribution in [3.8, 4) is 11.1 Å². The zero-order valence-electron chi connectivity index (χ0n) is 17.1. The lowest BCUT2D eigenvalue weighted by Crippen LogP contribution is -2.31. The van der Waals surface area contributed by atoms with Gasteiger partial charge in [-0.25, -0.2) is 15.0 Å². The molecule has 0 N–H and O–H groups in total. The van der Waals surface area contributed by atoms with Crippen LogP contribution < -0.4 is 4.90 Å². The number of nitrogens with zero attached hydrogens (tertiary/aromatic N) is 6. The molecule has 4 rings (SSSR count). The molecule has 0 bridgehead atoms. The highest BCUT2D eigenvalue weighted by molar-refractivity contribution is 7.13. The Morgan fingerprint density at radius 1 is 1.21 bits per heavy atom. The van der Waals surface area contributed by atoms with Gasteiger partial charge in [-0.15, -0.1) is 11.3 Å². The summed E-state index contributed by atoms with van der Waals surface area (Å²) in [7, 11) is 3.85. The third-order valence-corrected chi connectivity index (χ3v) is 6.18. The quantitative estimate of drug-likeness (QED) is 0.656. The smallest absolute Gasteiger partial charge is 0.266 e. The Bertz CT molecular complexity index is 1030. The molecular formula is C21H24N6OS. The van der Waals surface area contributed by atoms with Crippen molar-refractivity contribution in [3.05, 3.63) is 52.0 Å². The molecule has 0 aliphatic carbocycles. The van der Waals surface area contributed by atoms with E-state index in [2.05, 4.69) is 15.0 Å². The largest absolute Gasteiger partial charge is 0.347 e. The molecule has 0 unspecified atom stereocenters. The molecule has 1 amide bonds. The van der Waals surface area contributed by atoms with Gasteiger partial charge in [0, 0.05) is 44.8 Å². The van der Waals surface area contributed by atoms with Crippen molar-refractivity contribution in [2.24, 2.45) is 0 Å². The number of rotatable bonds is 4. The maximum Gasteiger partial charge on any atom is 0.266 e. The van der Waals surface area contributed by atoms with E-state index in [1.54, 1.807) is 12.4 Å². The van der Waals surface area contributed by atoms with Crippen molar-refractivity contribution < 1.29 is 4.79 Å². The van der Waals surface area contributed by atoms with Crippen LogP contribution in [0.3, 0.4) is 0 Å². The fourth-order valence-electron chi connectivity index (χ4n) is 3.76. The number of carbonyl (C=O) groups is 1. The molecular weight excluding hydrogens is 384 g/mol. The third kappa shape index (κ3) is 3.72. The lowest BCUT2D eigenvalue weighted by Gasteiger charge is -2.26. The van der Waals surface area contributed by atoms with E-state index in [-0.39, 0.29) is 11.9 Å². The van der Waals surface area contributed by atoms with Crippen LogP contribution in [0.4, 0.5) is 5.95 Å². The van der Waals surface area contributed by atoms with E-state index in [1.165, 1.54) is 11.3 Å². The lowest BCUT2D eigenvalue weighted by atomic mass is 10.0. The van der Waals surface area contributed by atoms with Gasteiger partial charge in [-0.05, 0) is 44.4 Å². The van der Waals surface area contributed by atoms with Crippen LogP contribution in [0.1, 0.15) is 45.0 Å². The normalized spacial score (nSPS) is 16.3. The van der Waals surface area contributed by atoms with Crippen LogP contribution in [0.2, 0.25) is 0 Å². The average Bonchev–Trinajstić information content (AvgIpc) is 3.33. The predicted molar refractivity (Wildman–Crippen MR) is 114 cm³/mol. The molecule has 1 atom stereocenters. The Morgan fingerprint density at radius 3 is 2.62 bits per heavy atom. The minimum absolute atomic E-state index is 0.0429. The Labute approximate surface area is 174 Å². The van der Waals surface area contributed by atoms with Crippen LogP contribution in [0.5, 0.6) is 0 Å². The van der Waals surface area contributed by atoms with E-state index in [9.17, 15) is 4.79 Å². The molecule has 1 aliphatic rings. The van der Waals surface area contributed by atoms with Crippen LogP contribution in [0.25, 0.3) is 11.1 Å². The molecule has 29 heavy (non-hydrogen) atoms. The van der Waals surface area contributed by atoms with Crippen molar-refractivity contribution in [1.82, 2.24) is 24.8 Å². The molecule has 0 spiro atoms. The maximum absolute atomic E-state index is 13.4. The van der Waals surface area contributed by atoms with Gasteiger partial charge in [-0.2, -0.15) is 0 Å². The lowest BCUT2D eigenvalue weighted by molar-refractivity contribution is 0.0737. The van der Waals surface area contributed by atoms with Gasteiger partial charge in [0.1, 0.15) is 4.88 Å². The summed E-state index contributed by atoms with van der Waals surface area (Å²) in [5.74, 6) is 0.684. The number of amides is 1. The fourth-order valence-corrected chi connectivity index (χ4v) is 4.64. The van der Waals surface area contributed by atoms with Gasteiger partial charge in [-0.3, -0.25) is 9.78 Å². The Morgan fingerprint density at radius 2 is 1.97 bits per heavy atom. The van der Waals surface area contributed by atoms with Gasteiger partial charge < -0.3 is 9.80 Å². The zero-order chi connectivity index (χ0) is 20.5. The van der Waals surface area contributed by atoms with Crippen molar-refractivity contribution in [1.29, 1.82) is 0 Å². The van der Waals surface area contributed by atoms with Crippen molar-refractivity contribution >= 4 is 23.2 Å². The number of thiazole rings is 1. The molecule has 7 nitrogen and oxygen atoms in total. The first-order valence-electron chi connectivity index (χ1n) is 9.65. The molecule has 150 valence electrons. The number of likely N-dealkylation sites (tertiary alicyclic amines) is 1. The van der Waals surface area contributed by atoms with Crippen LogP contribution >= 0.6 is 11.3 Å². The molecule has 0 aromatic carbocycles. The molecule has 3 aromatic heterocycles. The van der Waals surface area contributed by atoms with E-state index < -0.39 is 0 Å². The first-order chi connectivity index (χ1) is 14.0. The molecule has 4 heterocycles. The van der Waals surface area contributed by atoms with Gasteiger partial charge in [-0.1, -0.05) is 0 Å². The van der Waals surface area contributed by atoms with E-state index in [0.29, 0.717) is 5.95 Å². The highest BCUT2D eigenvalue weighted by Gasteiger charge is 2.35. The highest BCUT2D eigenvalue weighted by Crippen LogP contribution is 2.38. The number of aryl methyl sites for hydroxylation is 2. The predicted octanol–water partition coefficient (Wildman–Crippen LogP) is 3.66. The van der Waals surface area contributed by atoms with Crippen molar-refractivity contribution in [2.75, 3.05) is 25.5 Å². The number of anilines is 1. The molecule has 8 heteroatoms. The Balaban J connectivity index is 1.78. The standard InChI is InChI=1S/C21H24N6OS/c1-13-19(29-14(2)24-13)20(28)27-11-5-6-17(27)18-16(15-7-9-22-10-8-15)12-23-21(25-18)26(3)4/h7-10,12,17H,5-6,11H2,1-4H3/t17-/m0/s1. The minimum Gasteiger partial charge on any atom is -0.347 e. The molecule has 1 saturated heterocycles. The second kappa shape index (κ2) is 7.87. The summed E-state index contributed by atoms with van der Waals surface area (Å²) in [5.41, 5.74) is 3.64. The SMILES string of the molecule is Cc1nc(C)c(C(=O)N2CCC[C@H]2c2nc(N(C)C)ncc2-c2ccncc2)s1. The van der Waals surface area contributed by atoms with E-state index in [4.69, 9.17) is 4.98 Å². The maximum atomic E-state index is 13.4. The van der Waals surface area contributed by atoms with Gasteiger partial charge in [0.25, 0.3) is 5.91 Å². The van der Waals surface area contributed by atoms with Crippen LogP contribution in [0.15, 0.2) is 30.7 Å². The number of hydrogen-bond acceptors (Lipinski definition) is 7. The fraction of sp³-hybridized carbons (Fsp3) is 0.381. The number of aromatic nitrogens is 4. The van der Waals surface area contributed by atoms with Crippen LogP contribution in [-0.4, -0.2) is 51.4 Å². The second-order valence-electron chi connectivity index (χ2n) is 7.40. The minimum atomic E-state index is -0.0887. The molecule has 0 radical (unpaired) electrons. The van der Waals surface area contributed by atoms with Gasteiger partial charge in [0.2, 0.25) is 5.95 Å². The van der Waals surface area contributed by atoms with Crippen molar-refractivity contribution in [3.63, 3.8) is 0 Å². The summed E-state index contributed by atoms with van der Waals surface area (Å²) in [4.78, 5) is 35.9. The Hall–Kier alpha value is -2.87. The van der Waals surface area contributed by atoms with Crippen LogP contribution in [0, 0.1) is 13.8 Å². The molecule has 0 saturated carbocycles. The summed E-state index contributed by atoms with van der Waals surface area (Å²) < 4.78 is 0. The number of pyridine rings is 1.